The van der Waals surface area contributed by atoms with E-state index in [0.29, 0.717) is 25.7 Å². The van der Waals surface area contributed by atoms with Crippen LogP contribution in [0.25, 0.3) is 21.5 Å². The van der Waals surface area contributed by atoms with E-state index in [-0.39, 0.29) is 29.9 Å². The molecule has 1 saturated carbocycles. The second-order valence-electron chi connectivity index (χ2n) is 10.3. The molecule has 0 amide bonds. The number of ether oxygens (including phenoxy) is 2. The minimum Gasteiger partial charge on any atom is -0.462 e. The van der Waals surface area contributed by atoms with Gasteiger partial charge in [0, 0.05) is 0 Å². The first-order valence-electron chi connectivity index (χ1n) is 12.6. The van der Waals surface area contributed by atoms with Crippen LogP contribution in [-0.2, 0) is 24.7 Å². The van der Waals surface area contributed by atoms with E-state index in [1.807, 2.05) is 27.7 Å². The van der Waals surface area contributed by atoms with Gasteiger partial charge in [-0.25, -0.2) is 0 Å². The van der Waals surface area contributed by atoms with E-state index in [4.69, 9.17) is 9.47 Å². The average Bonchev–Trinajstić information content (AvgIpc) is 2.83. The van der Waals surface area contributed by atoms with E-state index in [0.717, 1.165) is 17.4 Å². The molecule has 4 heteroatoms. The molecule has 1 fully saturated rings. The van der Waals surface area contributed by atoms with Gasteiger partial charge in [-0.1, -0.05) is 50.2 Å². The van der Waals surface area contributed by atoms with Crippen LogP contribution in [0, 0.1) is 18.8 Å². The lowest BCUT2D eigenvalue weighted by molar-refractivity contribution is -0.166. The fourth-order valence-corrected chi connectivity index (χ4v) is 4.93. The number of carbonyl (C=O) groups excluding carboxylic acids is 2. The molecule has 0 aliphatic heterocycles. The normalized spacial score (nSPS) is 19.7. The van der Waals surface area contributed by atoms with Crippen molar-refractivity contribution < 1.29 is 19.1 Å². The molecule has 4 nitrogen and oxygen atoms in total. The second-order valence-corrected chi connectivity index (χ2v) is 10.3. The molecule has 0 heterocycles. The Morgan fingerprint density at radius 1 is 0.971 bits per heavy atom. The number of aryl methyl sites for hydroxylation is 1. The van der Waals surface area contributed by atoms with Gasteiger partial charge in [-0.3, -0.25) is 9.59 Å². The zero-order chi connectivity index (χ0) is 24.5. The van der Waals surface area contributed by atoms with Crippen molar-refractivity contribution in [2.45, 2.75) is 78.4 Å². The summed E-state index contributed by atoms with van der Waals surface area (Å²) in [5.41, 5.74) is 1.52. The minimum atomic E-state index is -0.731. The van der Waals surface area contributed by atoms with Gasteiger partial charge in [-0.2, -0.15) is 0 Å². The largest absolute Gasteiger partial charge is 0.462 e. The molecule has 3 aromatic rings. The third-order valence-corrected chi connectivity index (χ3v) is 7.49. The third-order valence-electron chi connectivity index (χ3n) is 7.49. The van der Waals surface area contributed by atoms with Gasteiger partial charge in [0.15, 0.2) is 0 Å². The standard InChI is InChI=1S/C30H36O4/c1-6-19(2)28(31)33-25-14-11-21(12-15-25)29(32)34-30(4,5)24-13-16-27-20(3)26-10-8-7-9-22(26)17-23(27)18-24/h7-10,13,16-19,21,25H,6,11-12,14-15H2,1-5H3. The number of hydrogen-bond acceptors (Lipinski definition) is 4. The van der Waals surface area contributed by atoms with Crippen molar-refractivity contribution in [2.75, 3.05) is 0 Å². The summed E-state index contributed by atoms with van der Waals surface area (Å²) in [6, 6.07) is 17.0. The Morgan fingerprint density at radius 3 is 2.35 bits per heavy atom. The molecule has 180 valence electrons. The zero-order valence-electron chi connectivity index (χ0n) is 21.0. The average molecular weight is 461 g/mol. The molecule has 1 aliphatic carbocycles. The Hall–Kier alpha value is -2.88. The van der Waals surface area contributed by atoms with Crippen molar-refractivity contribution in [3.8, 4) is 0 Å². The van der Waals surface area contributed by atoms with E-state index >= 15 is 0 Å². The van der Waals surface area contributed by atoms with Crippen LogP contribution in [0.3, 0.4) is 0 Å². The molecule has 3 aromatic carbocycles. The number of esters is 2. The fourth-order valence-electron chi connectivity index (χ4n) is 4.93. The second kappa shape index (κ2) is 9.77. The smallest absolute Gasteiger partial charge is 0.309 e. The number of rotatable bonds is 6. The Morgan fingerprint density at radius 2 is 1.65 bits per heavy atom. The Balaban J connectivity index is 1.44. The van der Waals surface area contributed by atoms with Crippen molar-refractivity contribution in [1.82, 2.24) is 0 Å². The summed E-state index contributed by atoms with van der Waals surface area (Å²) in [5, 5.41) is 4.85. The molecular weight excluding hydrogens is 424 g/mol. The molecule has 0 spiro atoms. The van der Waals surface area contributed by atoms with E-state index in [1.54, 1.807) is 0 Å². The SMILES string of the molecule is CCC(C)C(=O)OC1CCC(C(=O)OC(C)(C)c2ccc3c(C)c4ccccc4cc3c2)CC1. The Bertz CT molecular complexity index is 1200. The van der Waals surface area contributed by atoms with E-state index in [2.05, 4.69) is 55.5 Å². The number of hydrogen-bond donors (Lipinski definition) is 0. The Kier molecular flexibility index (Phi) is 6.97. The predicted molar refractivity (Wildman–Crippen MR) is 137 cm³/mol. The van der Waals surface area contributed by atoms with Crippen molar-refractivity contribution in [3.63, 3.8) is 0 Å². The van der Waals surface area contributed by atoms with Gasteiger partial charge in [-0.15, -0.1) is 0 Å². The predicted octanol–water partition coefficient (Wildman–Crippen LogP) is 7.23. The lowest BCUT2D eigenvalue weighted by Crippen LogP contribution is -2.34. The van der Waals surface area contributed by atoms with Crippen LogP contribution in [-0.4, -0.2) is 18.0 Å². The van der Waals surface area contributed by atoms with Gasteiger partial charge >= 0.3 is 11.9 Å². The topological polar surface area (TPSA) is 52.6 Å². The molecular formula is C30H36O4. The molecule has 0 bridgehead atoms. The fraction of sp³-hybridized carbons (Fsp3) is 0.467. The van der Waals surface area contributed by atoms with E-state index in [1.165, 1.54) is 21.7 Å². The third kappa shape index (κ3) is 4.96. The summed E-state index contributed by atoms with van der Waals surface area (Å²) >= 11 is 0. The summed E-state index contributed by atoms with van der Waals surface area (Å²) in [4.78, 5) is 25.1. The lowest BCUT2D eigenvalue weighted by Gasteiger charge is -2.32. The van der Waals surface area contributed by atoms with Gasteiger partial charge in [0.25, 0.3) is 0 Å². The summed E-state index contributed by atoms with van der Waals surface area (Å²) in [6.07, 6.45) is 3.50. The molecule has 0 N–H and O–H groups in total. The van der Waals surface area contributed by atoms with Gasteiger partial charge in [-0.05, 0) is 97.7 Å². The van der Waals surface area contributed by atoms with E-state index in [9.17, 15) is 9.59 Å². The molecule has 0 radical (unpaired) electrons. The van der Waals surface area contributed by atoms with Crippen LogP contribution >= 0.6 is 0 Å². The van der Waals surface area contributed by atoms with Crippen LogP contribution in [0.15, 0.2) is 48.5 Å². The molecule has 1 aliphatic rings. The van der Waals surface area contributed by atoms with Crippen LogP contribution in [0.2, 0.25) is 0 Å². The highest BCUT2D eigenvalue weighted by molar-refractivity contribution is 6.02. The zero-order valence-corrected chi connectivity index (χ0v) is 21.0. The highest BCUT2D eigenvalue weighted by atomic mass is 16.6. The summed E-state index contributed by atoms with van der Waals surface area (Å²) < 4.78 is 11.7. The van der Waals surface area contributed by atoms with Crippen molar-refractivity contribution in [2.24, 2.45) is 11.8 Å². The lowest BCUT2D eigenvalue weighted by atomic mass is 9.87. The maximum absolute atomic E-state index is 13.0. The van der Waals surface area contributed by atoms with Gasteiger partial charge in [0.2, 0.25) is 0 Å². The summed E-state index contributed by atoms with van der Waals surface area (Å²) in [7, 11) is 0. The molecule has 1 atom stereocenters. The monoisotopic (exact) mass is 460 g/mol. The maximum atomic E-state index is 13.0. The highest BCUT2D eigenvalue weighted by Gasteiger charge is 2.34. The number of fused-ring (bicyclic) bond motifs is 2. The molecule has 34 heavy (non-hydrogen) atoms. The Labute approximate surface area is 202 Å². The van der Waals surface area contributed by atoms with Crippen LogP contribution in [0.1, 0.15) is 70.9 Å². The quantitative estimate of drug-likeness (QED) is 0.288. The first-order valence-corrected chi connectivity index (χ1v) is 12.6. The molecule has 0 aromatic heterocycles. The number of carbonyl (C=O) groups is 2. The maximum Gasteiger partial charge on any atom is 0.309 e. The van der Waals surface area contributed by atoms with Crippen LogP contribution < -0.4 is 0 Å². The van der Waals surface area contributed by atoms with Gasteiger partial charge in [0.05, 0.1) is 11.8 Å². The van der Waals surface area contributed by atoms with Crippen LogP contribution in [0.4, 0.5) is 0 Å². The van der Waals surface area contributed by atoms with Crippen molar-refractivity contribution in [3.05, 3.63) is 59.7 Å². The van der Waals surface area contributed by atoms with Crippen LogP contribution in [0.5, 0.6) is 0 Å². The summed E-state index contributed by atoms with van der Waals surface area (Å²) in [5.74, 6) is -0.517. The molecule has 0 saturated heterocycles. The summed E-state index contributed by atoms with van der Waals surface area (Å²) in [6.45, 7) is 9.95. The van der Waals surface area contributed by atoms with Gasteiger partial charge < -0.3 is 9.47 Å². The number of benzene rings is 3. The van der Waals surface area contributed by atoms with Crippen molar-refractivity contribution >= 4 is 33.5 Å². The first kappa shape index (κ1) is 24.3. The minimum absolute atomic E-state index is 0.0767. The van der Waals surface area contributed by atoms with Crippen molar-refractivity contribution in [1.29, 1.82) is 0 Å². The van der Waals surface area contributed by atoms with E-state index < -0.39 is 5.60 Å². The molecule has 4 rings (SSSR count). The first-order chi connectivity index (χ1) is 16.2. The molecule has 1 unspecified atom stereocenters. The highest BCUT2D eigenvalue weighted by Crippen LogP contribution is 2.35. The van der Waals surface area contributed by atoms with Gasteiger partial charge in [0.1, 0.15) is 11.7 Å².